The maximum atomic E-state index is 13.5. The zero-order valence-corrected chi connectivity index (χ0v) is 8.22. The molecule has 1 heterocycles. The largest absolute Gasteiger partial charge is 0.493 e. The Balaban J connectivity index is 2.20. The Bertz CT molecular complexity index is 327. The zero-order valence-electron chi connectivity index (χ0n) is 8.22. The van der Waals surface area contributed by atoms with Crippen LogP contribution in [-0.4, -0.2) is 20.2 Å². The quantitative estimate of drug-likeness (QED) is 0.795. The summed E-state index contributed by atoms with van der Waals surface area (Å²) >= 11 is 0. The molecule has 76 valence electrons. The molecule has 2 rings (SSSR count). The van der Waals surface area contributed by atoms with Crippen molar-refractivity contribution in [3.8, 4) is 5.75 Å². The lowest BCUT2D eigenvalue weighted by molar-refractivity contribution is 0.324. The van der Waals surface area contributed by atoms with Gasteiger partial charge in [0.05, 0.1) is 6.61 Å². The van der Waals surface area contributed by atoms with Gasteiger partial charge >= 0.3 is 0 Å². The molecule has 2 nitrogen and oxygen atoms in total. The highest BCUT2D eigenvalue weighted by Crippen LogP contribution is 2.37. The summed E-state index contributed by atoms with van der Waals surface area (Å²) < 4.78 is 18.9. The fourth-order valence-corrected chi connectivity index (χ4v) is 1.86. The Labute approximate surface area is 83.1 Å². The van der Waals surface area contributed by atoms with Crippen LogP contribution in [0.3, 0.4) is 0 Å². The molecule has 0 saturated heterocycles. The topological polar surface area (TPSA) is 21.3 Å². The molecule has 0 spiro atoms. The van der Waals surface area contributed by atoms with Crippen LogP contribution in [-0.2, 0) is 0 Å². The minimum absolute atomic E-state index is 0.138. The molecule has 1 aliphatic heterocycles. The molecule has 1 aromatic rings. The van der Waals surface area contributed by atoms with Crippen molar-refractivity contribution in [2.45, 2.75) is 12.3 Å². The van der Waals surface area contributed by atoms with Crippen LogP contribution in [0, 0.1) is 5.82 Å². The predicted molar refractivity (Wildman–Crippen MR) is 53.2 cm³/mol. The highest BCUT2D eigenvalue weighted by atomic mass is 19.1. The summed E-state index contributed by atoms with van der Waals surface area (Å²) in [6, 6.07) is 5.02. The number of hydrogen-bond acceptors (Lipinski definition) is 2. The highest BCUT2D eigenvalue weighted by molar-refractivity contribution is 5.40. The first-order valence-electron chi connectivity index (χ1n) is 4.88. The van der Waals surface area contributed by atoms with Crippen LogP contribution in [0.5, 0.6) is 5.75 Å². The predicted octanol–water partition coefficient (Wildman–Crippen LogP) is 1.91. The van der Waals surface area contributed by atoms with Crippen molar-refractivity contribution in [2.24, 2.45) is 0 Å². The lowest BCUT2D eigenvalue weighted by Gasteiger charge is -2.08. The summed E-state index contributed by atoms with van der Waals surface area (Å²) in [6.07, 6.45) is 0.921. The second kappa shape index (κ2) is 3.96. The molecule has 0 aliphatic carbocycles. The summed E-state index contributed by atoms with van der Waals surface area (Å²) in [4.78, 5) is 0. The normalized spacial score (nSPS) is 19.1. The van der Waals surface area contributed by atoms with Gasteiger partial charge in [-0.15, -0.1) is 0 Å². The second-order valence-corrected chi connectivity index (χ2v) is 3.55. The third-order valence-electron chi connectivity index (χ3n) is 2.60. The molecule has 0 aromatic heterocycles. The number of benzene rings is 1. The molecular formula is C11H14FNO. The molecule has 1 unspecified atom stereocenters. The van der Waals surface area contributed by atoms with Crippen molar-refractivity contribution in [3.63, 3.8) is 0 Å². The van der Waals surface area contributed by atoms with Crippen molar-refractivity contribution in [1.29, 1.82) is 0 Å². The minimum atomic E-state index is -0.138. The number of hydrogen-bond donors (Lipinski definition) is 1. The fourth-order valence-electron chi connectivity index (χ4n) is 1.86. The van der Waals surface area contributed by atoms with Crippen molar-refractivity contribution in [1.82, 2.24) is 5.32 Å². The lowest BCUT2D eigenvalue weighted by Crippen LogP contribution is -2.13. The van der Waals surface area contributed by atoms with Crippen LogP contribution >= 0.6 is 0 Å². The molecule has 0 amide bonds. The number of rotatable bonds is 3. The van der Waals surface area contributed by atoms with E-state index in [9.17, 15) is 4.39 Å². The van der Waals surface area contributed by atoms with Crippen LogP contribution in [0.15, 0.2) is 18.2 Å². The molecule has 1 aromatic carbocycles. The van der Waals surface area contributed by atoms with Gasteiger partial charge in [-0.3, -0.25) is 0 Å². The van der Waals surface area contributed by atoms with Crippen LogP contribution in [0.4, 0.5) is 4.39 Å². The van der Waals surface area contributed by atoms with E-state index in [-0.39, 0.29) is 11.7 Å². The third kappa shape index (κ3) is 1.60. The Morgan fingerprint density at radius 2 is 2.43 bits per heavy atom. The van der Waals surface area contributed by atoms with Gasteiger partial charge in [0.2, 0.25) is 0 Å². The Morgan fingerprint density at radius 1 is 1.57 bits per heavy atom. The second-order valence-electron chi connectivity index (χ2n) is 3.55. The van der Waals surface area contributed by atoms with Gasteiger partial charge in [0.1, 0.15) is 11.6 Å². The summed E-state index contributed by atoms with van der Waals surface area (Å²) in [7, 11) is 1.90. The highest BCUT2D eigenvalue weighted by Gasteiger charge is 2.26. The first-order chi connectivity index (χ1) is 6.83. The van der Waals surface area contributed by atoms with E-state index in [1.165, 1.54) is 6.07 Å². The first kappa shape index (κ1) is 9.46. The standard InChI is InChI=1S/C11H14FNO/c1-13-6-5-8-7-14-10-4-2-3-9(12)11(8)10/h2-4,8,13H,5-7H2,1H3. The number of ether oxygens (including phenoxy) is 1. The Hall–Kier alpha value is -1.09. The molecule has 1 aliphatic rings. The SMILES string of the molecule is CNCCC1COc2cccc(F)c21. The molecule has 0 bridgehead atoms. The molecule has 1 N–H and O–H groups in total. The van der Waals surface area contributed by atoms with E-state index in [4.69, 9.17) is 4.74 Å². The number of fused-ring (bicyclic) bond motifs is 1. The van der Waals surface area contributed by atoms with E-state index < -0.39 is 0 Å². The van der Waals surface area contributed by atoms with Crippen LogP contribution < -0.4 is 10.1 Å². The summed E-state index contributed by atoms with van der Waals surface area (Å²) in [6.45, 7) is 1.50. The lowest BCUT2D eigenvalue weighted by atomic mass is 9.97. The van der Waals surface area contributed by atoms with Gasteiger partial charge in [0.15, 0.2) is 0 Å². The molecule has 14 heavy (non-hydrogen) atoms. The zero-order chi connectivity index (χ0) is 9.97. The minimum Gasteiger partial charge on any atom is -0.493 e. The Kier molecular flexibility index (Phi) is 2.68. The van der Waals surface area contributed by atoms with E-state index in [0.717, 1.165) is 18.5 Å². The first-order valence-corrected chi connectivity index (χ1v) is 4.88. The van der Waals surface area contributed by atoms with E-state index in [1.807, 2.05) is 13.1 Å². The van der Waals surface area contributed by atoms with Gasteiger partial charge in [0, 0.05) is 11.5 Å². The molecule has 0 saturated carbocycles. The summed E-state index contributed by atoms with van der Waals surface area (Å²) in [5.74, 6) is 0.783. The van der Waals surface area contributed by atoms with Crippen molar-refractivity contribution >= 4 is 0 Å². The maximum Gasteiger partial charge on any atom is 0.130 e. The van der Waals surface area contributed by atoms with Crippen molar-refractivity contribution in [3.05, 3.63) is 29.6 Å². The molecule has 3 heteroatoms. The third-order valence-corrected chi connectivity index (χ3v) is 2.60. The maximum absolute atomic E-state index is 13.5. The van der Waals surface area contributed by atoms with Gasteiger partial charge in [-0.1, -0.05) is 6.07 Å². The number of nitrogens with one attached hydrogen (secondary N) is 1. The molecule has 0 fully saturated rings. The van der Waals surface area contributed by atoms with E-state index in [2.05, 4.69) is 5.32 Å². The molecular weight excluding hydrogens is 181 g/mol. The van der Waals surface area contributed by atoms with Crippen LogP contribution in [0.1, 0.15) is 17.9 Å². The average molecular weight is 195 g/mol. The van der Waals surface area contributed by atoms with Gasteiger partial charge in [-0.05, 0) is 32.1 Å². The average Bonchev–Trinajstić information content (AvgIpc) is 2.59. The van der Waals surface area contributed by atoms with Crippen molar-refractivity contribution in [2.75, 3.05) is 20.2 Å². The van der Waals surface area contributed by atoms with Crippen molar-refractivity contribution < 1.29 is 9.13 Å². The smallest absolute Gasteiger partial charge is 0.130 e. The monoisotopic (exact) mass is 195 g/mol. The molecule has 0 radical (unpaired) electrons. The van der Waals surface area contributed by atoms with Crippen LogP contribution in [0.2, 0.25) is 0 Å². The van der Waals surface area contributed by atoms with E-state index >= 15 is 0 Å². The molecule has 1 atom stereocenters. The van der Waals surface area contributed by atoms with E-state index in [1.54, 1.807) is 6.07 Å². The van der Waals surface area contributed by atoms with E-state index in [0.29, 0.717) is 12.4 Å². The Morgan fingerprint density at radius 3 is 3.21 bits per heavy atom. The summed E-state index contributed by atoms with van der Waals surface area (Å²) in [5, 5.41) is 3.07. The van der Waals surface area contributed by atoms with Gasteiger partial charge in [-0.2, -0.15) is 0 Å². The van der Waals surface area contributed by atoms with Crippen LogP contribution in [0.25, 0.3) is 0 Å². The van der Waals surface area contributed by atoms with Gasteiger partial charge in [0.25, 0.3) is 0 Å². The van der Waals surface area contributed by atoms with Gasteiger partial charge < -0.3 is 10.1 Å². The summed E-state index contributed by atoms with van der Waals surface area (Å²) in [5.41, 5.74) is 0.753. The number of halogens is 1. The fraction of sp³-hybridized carbons (Fsp3) is 0.455. The van der Waals surface area contributed by atoms with Gasteiger partial charge in [-0.25, -0.2) is 4.39 Å².